The number of nitrogens with zero attached hydrogens (tertiary/aromatic N) is 1. The van der Waals surface area contributed by atoms with Crippen molar-refractivity contribution in [2.75, 3.05) is 19.6 Å². The van der Waals surface area contributed by atoms with E-state index in [0.29, 0.717) is 12.0 Å². The molecule has 5 nitrogen and oxygen atoms in total. The van der Waals surface area contributed by atoms with Gasteiger partial charge in [-0.05, 0) is 51.5 Å². The van der Waals surface area contributed by atoms with Gasteiger partial charge in [0.1, 0.15) is 5.60 Å². The van der Waals surface area contributed by atoms with Crippen molar-refractivity contribution in [2.24, 2.45) is 5.92 Å². The molecule has 0 bridgehead atoms. The zero-order chi connectivity index (χ0) is 18.7. The Morgan fingerprint density at radius 1 is 1.35 bits per heavy atom. The van der Waals surface area contributed by atoms with Gasteiger partial charge >= 0.3 is 6.09 Å². The molecule has 3 atom stereocenters. The first kappa shape index (κ1) is 18.8. The molecule has 0 spiro atoms. The van der Waals surface area contributed by atoms with Crippen molar-refractivity contribution in [3.8, 4) is 0 Å². The van der Waals surface area contributed by atoms with E-state index in [1.54, 1.807) is 0 Å². The summed E-state index contributed by atoms with van der Waals surface area (Å²) < 4.78 is 5.48. The third-order valence-electron chi connectivity index (χ3n) is 5.11. The molecule has 1 aromatic carbocycles. The van der Waals surface area contributed by atoms with Crippen molar-refractivity contribution in [3.05, 3.63) is 47.7 Å². The van der Waals surface area contributed by atoms with Crippen LogP contribution >= 0.6 is 0 Å². The molecule has 1 saturated heterocycles. The second-order valence-corrected chi connectivity index (χ2v) is 8.45. The van der Waals surface area contributed by atoms with Gasteiger partial charge in [-0.2, -0.15) is 0 Å². The minimum atomic E-state index is -0.497. The van der Waals surface area contributed by atoms with Crippen LogP contribution in [0.4, 0.5) is 4.79 Å². The number of hydrogen-bond acceptors (Lipinski definition) is 4. The van der Waals surface area contributed by atoms with Crippen molar-refractivity contribution in [2.45, 2.75) is 51.8 Å². The van der Waals surface area contributed by atoms with Crippen LogP contribution in [-0.4, -0.2) is 42.3 Å². The SMILES string of the molecule is CC(CC(NC(=O)OC(C)(C)C)c1ccccc1)N1CC2=CNCC2C1. The van der Waals surface area contributed by atoms with Gasteiger partial charge in [-0.3, -0.25) is 4.90 Å². The van der Waals surface area contributed by atoms with Crippen LogP contribution in [0.2, 0.25) is 0 Å². The zero-order valence-corrected chi connectivity index (χ0v) is 16.3. The third kappa shape index (κ3) is 4.79. The molecule has 0 aliphatic carbocycles. The van der Waals surface area contributed by atoms with Gasteiger partial charge in [-0.15, -0.1) is 0 Å². The first-order valence-corrected chi connectivity index (χ1v) is 9.52. The molecule has 0 saturated carbocycles. The van der Waals surface area contributed by atoms with Crippen LogP contribution in [0.5, 0.6) is 0 Å². The minimum absolute atomic E-state index is 0.0615. The first-order chi connectivity index (χ1) is 12.3. The fraction of sp³-hybridized carbons (Fsp3) is 0.571. The molecule has 1 amide bonds. The maximum Gasteiger partial charge on any atom is 0.408 e. The minimum Gasteiger partial charge on any atom is -0.444 e. The summed E-state index contributed by atoms with van der Waals surface area (Å²) in [7, 11) is 0. The lowest BCUT2D eigenvalue weighted by molar-refractivity contribution is 0.0493. The van der Waals surface area contributed by atoms with Crippen molar-refractivity contribution >= 4 is 6.09 Å². The Balaban J connectivity index is 1.66. The molecule has 0 radical (unpaired) electrons. The number of hydrogen-bond donors (Lipinski definition) is 2. The second-order valence-electron chi connectivity index (χ2n) is 8.45. The Kier molecular flexibility index (Phi) is 5.56. The van der Waals surface area contributed by atoms with Crippen LogP contribution in [0.15, 0.2) is 42.1 Å². The van der Waals surface area contributed by atoms with Crippen molar-refractivity contribution in [1.82, 2.24) is 15.5 Å². The lowest BCUT2D eigenvalue weighted by atomic mass is 9.99. The normalized spacial score (nSPS) is 22.2. The molecule has 5 heteroatoms. The Hall–Kier alpha value is -2.01. The lowest BCUT2D eigenvalue weighted by Crippen LogP contribution is -2.39. The van der Waals surface area contributed by atoms with Crippen LogP contribution in [0.1, 0.15) is 45.7 Å². The van der Waals surface area contributed by atoms with Gasteiger partial charge in [-0.25, -0.2) is 4.79 Å². The maximum atomic E-state index is 12.3. The lowest BCUT2D eigenvalue weighted by Gasteiger charge is -2.30. The van der Waals surface area contributed by atoms with E-state index in [-0.39, 0.29) is 12.1 Å². The zero-order valence-electron chi connectivity index (χ0n) is 16.3. The van der Waals surface area contributed by atoms with E-state index in [9.17, 15) is 4.79 Å². The van der Waals surface area contributed by atoms with Gasteiger partial charge in [0.15, 0.2) is 0 Å². The number of likely N-dealkylation sites (tertiary alicyclic amines) is 1. The molecular formula is C21H31N3O2. The predicted octanol–water partition coefficient (Wildman–Crippen LogP) is 3.45. The van der Waals surface area contributed by atoms with Gasteiger partial charge in [0.25, 0.3) is 0 Å². The van der Waals surface area contributed by atoms with Crippen LogP contribution < -0.4 is 10.6 Å². The molecule has 3 unspecified atom stereocenters. The summed E-state index contributed by atoms with van der Waals surface area (Å²) in [6, 6.07) is 10.5. The summed E-state index contributed by atoms with van der Waals surface area (Å²) in [5, 5.41) is 6.42. The highest BCUT2D eigenvalue weighted by molar-refractivity contribution is 5.68. The van der Waals surface area contributed by atoms with Gasteiger partial charge in [-0.1, -0.05) is 30.3 Å². The summed E-state index contributed by atoms with van der Waals surface area (Å²) in [6.45, 7) is 11.1. The topological polar surface area (TPSA) is 53.6 Å². The molecule has 2 heterocycles. The Morgan fingerprint density at radius 2 is 2.08 bits per heavy atom. The molecule has 142 valence electrons. The molecule has 1 fully saturated rings. The Bertz CT molecular complexity index is 651. The van der Waals surface area contributed by atoms with E-state index in [0.717, 1.165) is 31.6 Å². The molecule has 2 aliphatic rings. The number of fused-ring (bicyclic) bond motifs is 1. The highest BCUT2D eigenvalue weighted by Crippen LogP contribution is 2.29. The third-order valence-corrected chi connectivity index (χ3v) is 5.11. The van der Waals surface area contributed by atoms with Gasteiger partial charge in [0.05, 0.1) is 6.04 Å². The fourth-order valence-electron chi connectivity index (χ4n) is 3.76. The largest absolute Gasteiger partial charge is 0.444 e. The van der Waals surface area contributed by atoms with Gasteiger partial charge < -0.3 is 15.4 Å². The molecular weight excluding hydrogens is 326 g/mol. The van der Waals surface area contributed by atoms with Crippen LogP contribution in [0.3, 0.4) is 0 Å². The molecule has 3 rings (SSSR count). The Labute approximate surface area is 156 Å². The smallest absolute Gasteiger partial charge is 0.408 e. The highest BCUT2D eigenvalue weighted by Gasteiger charge is 2.33. The molecule has 26 heavy (non-hydrogen) atoms. The van der Waals surface area contributed by atoms with E-state index < -0.39 is 5.60 Å². The molecule has 0 aromatic heterocycles. The first-order valence-electron chi connectivity index (χ1n) is 9.52. The number of alkyl carbamates (subject to hydrolysis) is 1. The standard InChI is InChI=1S/C21H31N3O2/c1-15(24-13-17-11-22-12-18(17)14-24)10-19(16-8-6-5-7-9-16)23-20(25)26-21(2,3)4/h5-9,11,15,18-19,22H,10,12-14H2,1-4H3,(H,23,25). The summed E-state index contributed by atoms with van der Waals surface area (Å²) in [4.78, 5) is 14.9. The number of ether oxygens (including phenoxy) is 1. The summed E-state index contributed by atoms with van der Waals surface area (Å²) in [5.74, 6) is 0.645. The summed E-state index contributed by atoms with van der Waals surface area (Å²) in [5.41, 5.74) is 2.13. The van der Waals surface area contributed by atoms with Crippen LogP contribution in [0, 0.1) is 5.92 Å². The van der Waals surface area contributed by atoms with E-state index in [4.69, 9.17) is 4.74 Å². The predicted molar refractivity (Wildman–Crippen MR) is 104 cm³/mol. The molecule has 2 N–H and O–H groups in total. The van der Waals surface area contributed by atoms with E-state index in [1.165, 1.54) is 5.57 Å². The van der Waals surface area contributed by atoms with Crippen LogP contribution in [-0.2, 0) is 4.74 Å². The summed E-state index contributed by atoms with van der Waals surface area (Å²) >= 11 is 0. The fourth-order valence-corrected chi connectivity index (χ4v) is 3.76. The second kappa shape index (κ2) is 7.70. The Morgan fingerprint density at radius 3 is 2.73 bits per heavy atom. The average Bonchev–Trinajstić information content (AvgIpc) is 3.15. The van der Waals surface area contributed by atoms with Crippen molar-refractivity contribution < 1.29 is 9.53 Å². The van der Waals surface area contributed by atoms with E-state index >= 15 is 0 Å². The number of carbonyl (C=O) groups is 1. The van der Waals surface area contributed by atoms with Crippen molar-refractivity contribution in [3.63, 3.8) is 0 Å². The monoisotopic (exact) mass is 357 g/mol. The number of benzene rings is 1. The number of carbonyl (C=O) groups excluding carboxylic acids is 1. The van der Waals surface area contributed by atoms with Crippen molar-refractivity contribution in [1.29, 1.82) is 0 Å². The highest BCUT2D eigenvalue weighted by atomic mass is 16.6. The quantitative estimate of drug-likeness (QED) is 0.847. The van der Waals surface area contributed by atoms with Gasteiger partial charge in [0, 0.05) is 31.6 Å². The number of amides is 1. The van der Waals surface area contributed by atoms with E-state index in [2.05, 4.69) is 40.8 Å². The van der Waals surface area contributed by atoms with Crippen LogP contribution in [0.25, 0.3) is 0 Å². The van der Waals surface area contributed by atoms with Gasteiger partial charge in [0.2, 0.25) is 0 Å². The number of nitrogens with one attached hydrogen (secondary N) is 2. The maximum absolute atomic E-state index is 12.3. The summed E-state index contributed by atoms with van der Waals surface area (Å²) in [6.07, 6.45) is 2.67. The van der Waals surface area contributed by atoms with E-state index in [1.807, 2.05) is 39.0 Å². The number of rotatable bonds is 5. The molecule has 1 aromatic rings. The average molecular weight is 357 g/mol. The molecule has 2 aliphatic heterocycles.